The summed E-state index contributed by atoms with van der Waals surface area (Å²) >= 11 is 0. The quantitative estimate of drug-likeness (QED) is 0.542. The average molecular weight is 290 g/mol. The van der Waals surface area contributed by atoms with Crippen LogP contribution in [0.25, 0.3) is 4.83 Å². The van der Waals surface area contributed by atoms with E-state index in [1.54, 1.807) is 24.3 Å². The van der Waals surface area contributed by atoms with Gasteiger partial charge in [-0.3, -0.25) is 0 Å². The first kappa shape index (κ1) is 16.7. The smallest absolute Gasteiger partial charge is 0.491 e. The monoisotopic (exact) mass is 290 g/mol. The summed E-state index contributed by atoms with van der Waals surface area (Å²) in [5.41, 5.74) is 1.78. The van der Waals surface area contributed by atoms with Crippen molar-refractivity contribution in [2.24, 2.45) is 5.10 Å². The topological polar surface area (TPSA) is 69.8 Å². The van der Waals surface area contributed by atoms with Gasteiger partial charge in [0.15, 0.2) is 0 Å². The zero-order chi connectivity index (χ0) is 13.0. The SMILES string of the molecule is Cc1ccc(S(=O)(=O)[N-]N=C2CCOCC2)cc1.[Na+]. The van der Waals surface area contributed by atoms with Crippen LogP contribution in [0.1, 0.15) is 18.4 Å². The fourth-order valence-electron chi connectivity index (χ4n) is 1.58. The Morgan fingerprint density at radius 1 is 1.16 bits per heavy atom. The van der Waals surface area contributed by atoms with Crippen molar-refractivity contribution in [2.45, 2.75) is 24.7 Å². The maximum absolute atomic E-state index is 11.9. The van der Waals surface area contributed by atoms with Crippen molar-refractivity contribution in [3.8, 4) is 0 Å². The molecule has 1 fully saturated rings. The summed E-state index contributed by atoms with van der Waals surface area (Å²) in [6.07, 6.45) is 1.29. The van der Waals surface area contributed by atoms with Crippen molar-refractivity contribution in [1.29, 1.82) is 0 Å². The largest absolute Gasteiger partial charge is 1.00 e. The summed E-state index contributed by atoms with van der Waals surface area (Å²) in [5.74, 6) is 0. The van der Waals surface area contributed by atoms with Crippen molar-refractivity contribution >= 4 is 15.7 Å². The van der Waals surface area contributed by atoms with Crippen LogP contribution in [0.15, 0.2) is 34.3 Å². The van der Waals surface area contributed by atoms with Gasteiger partial charge in [-0.1, -0.05) is 17.7 Å². The van der Waals surface area contributed by atoms with Gasteiger partial charge in [-0.05, 0) is 19.1 Å². The fraction of sp³-hybridized carbons (Fsp3) is 0.417. The Labute approximate surface area is 135 Å². The minimum atomic E-state index is -3.68. The van der Waals surface area contributed by atoms with Crippen molar-refractivity contribution in [3.63, 3.8) is 0 Å². The maximum Gasteiger partial charge on any atom is 1.00 e. The summed E-state index contributed by atoms with van der Waals surface area (Å²) in [6, 6.07) is 6.56. The molecular weight excluding hydrogens is 275 g/mol. The molecule has 0 bridgehead atoms. The van der Waals surface area contributed by atoms with Gasteiger partial charge in [0.1, 0.15) is 10.0 Å². The van der Waals surface area contributed by atoms with Crippen LogP contribution < -0.4 is 29.6 Å². The first-order valence-electron chi connectivity index (χ1n) is 5.75. The molecule has 1 heterocycles. The fourth-order valence-corrected chi connectivity index (χ4v) is 2.37. The second kappa shape index (κ2) is 7.40. The number of nitrogens with zero attached hydrogens (tertiary/aromatic N) is 2. The summed E-state index contributed by atoms with van der Waals surface area (Å²) in [4.78, 5) is 3.66. The molecule has 0 atom stereocenters. The second-order valence-corrected chi connectivity index (χ2v) is 5.73. The van der Waals surface area contributed by atoms with Gasteiger partial charge in [-0.25, -0.2) is 8.42 Å². The molecule has 0 unspecified atom stereocenters. The molecule has 1 aliphatic rings. The predicted molar refractivity (Wildman–Crippen MR) is 69.2 cm³/mol. The third-order valence-electron chi connectivity index (χ3n) is 2.68. The molecule has 1 aromatic rings. The van der Waals surface area contributed by atoms with E-state index in [-0.39, 0.29) is 34.5 Å². The number of sulfonamides is 1. The zero-order valence-corrected chi connectivity index (χ0v) is 14.0. The van der Waals surface area contributed by atoms with Crippen molar-refractivity contribution < 1.29 is 42.7 Å². The normalized spacial score (nSPS) is 15.5. The molecule has 2 rings (SSSR count). The van der Waals surface area contributed by atoms with Gasteiger partial charge in [0, 0.05) is 18.6 Å². The minimum absolute atomic E-state index is 0. The third kappa shape index (κ3) is 4.89. The zero-order valence-electron chi connectivity index (χ0n) is 11.2. The molecule has 1 aliphatic heterocycles. The van der Waals surface area contributed by atoms with Gasteiger partial charge in [0.25, 0.3) is 0 Å². The molecule has 0 spiro atoms. The van der Waals surface area contributed by atoms with Crippen LogP contribution in [0.2, 0.25) is 0 Å². The minimum Gasteiger partial charge on any atom is -0.491 e. The second-order valence-electron chi connectivity index (χ2n) is 4.15. The Morgan fingerprint density at radius 3 is 2.32 bits per heavy atom. The Kier molecular flexibility index (Phi) is 6.49. The number of aryl methyl sites for hydroxylation is 1. The first-order valence-corrected chi connectivity index (χ1v) is 7.19. The van der Waals surface area contributed by atoms with E-state index >= 15 is 0 Å². The average Bonchev–Trinajstić information content (AvgIpc) is 2.38. The summed E-state index contributed by atoms with van der Waals surface area (Å²) < 4.78 is 28.9. The Balaban J connectivity index is 0.00000180. The number of rotatable bonds is 3. The molecule has 19 heavy (non-hydrogen) atoms. The van der Waals surface area contributed by atoms with Crippen LogP contribution in [0.4, 0.5) is 0 Å². The molecule has 0 N–H and O–H groups in total. The number of benzene rings is 1. The van der Waals surface area contributed by atoms with E-state index in [9.17, 15) is 8.42 Å². The Bertz CT molecular complexity index is 533. The molecule has 5 nitrogen and oxygen atoms in total. The molecule has 0 saturated carbocycles. The predicted octanol–water partition coefficient (Wildman–Crippen LogP) is -0.772. The molecule has 0 radical (unpaired) electrons. The maximum atomic E-state index is 11.9. The van der Waals surface area contributed by atoms with Crippen LogP contribution in [0.3, 0.4) is 0 Å². The van der Waals surface area contributed by atoms with Crippen LogP contribution in [0.5, 0.6) is 0 Å². The molecule has 0 aromatic heterocycles. The van der Waals surface area contributed by atoms with E-state index < -0.39 is 10.0 Å². The van der Waals surface area contributed by atoms with E-state index in [1.165, 1.54) is 0 Å². The van der Waals surface area contributed by atoms with E-state index in [0.29, 0.717) is 26.1 Å². The number of ether oxygens (including phenoxy) is 1. The van der Waals surface area contributed by atoms with Crippen LogP contribution in [-0.4, -0.2) is 27.3 Å². The van der Waals surface area contributed by atoms with E-state index in [2.05, 4.69) is 9.93 Å². The van der Waals surface area contributed by atoms with Crippen molar-refractivity contribution in [3.05, 3.63) is 34.7 Å². The summed E-state index contributed by atoms with van der Waals surface area (Å²) in [7, 11) is -3.68. The molecule has 7 heteroatoms. The third-order valence-corrected chi connectivity index (χ3v) is 3.84. The summed E-state index contributed by atoms with van der Waals surface area (Å²) in [5, 5.41) is 3.83. The van der Waals surface area contributed by atoms with Crippen molar-refractivity contribution in [2.75, 3.05) is 13.2 Å². The van der Waals surface area contributed by atoms with Crippen LogP contribution in [-0.2, 0) is 14.8 Å². The molecule has 98 valence electrons. The molecule has 1 aromatic carbocycles. The molecule has 1 saturated heterocycles. The molecular formula is C12H15N2NaO3S. The number of hydrogen-bond donors (Lipinski definition) is 0. The van der Waals surface area contributed by atoms with Gasteiger partial charge < -0.3 is 14.7 Å². The van der Waals surface area contributed by atoms with Gasteiger partial charge >= 0.3 is 29.6 Å². The van der Waals surface area contributed by atoms with Crippen LogP contribution in [0, 0.1) is 6.92 Å². The van der Waals surface area contributed by atoms with Gasteiger partial charge in [-0.2, -0.15) is 0 Å². The van der Waals surface area contributed by atoms with Crippen LogP contribution >= 0.6 is 0 Å². The van der Waals surface area contributed by atoms with E-state index in [0.717, 1.165) is 11.3 Å². The molecule has 0 amide bonds. The number of hydrogen-bond acceptors (Lipinski definition) is 4. The van der Waals surface area contributed by atoms with Gasteiger partial charge in [0.05, 0.1) is 18.1 Å². The Hall–Kier alpha value is -0.400. The Morgan fingerprint density at radius 2 is 1.74 bits per heavy atom. The van der Waals surface area contributed by atoms with Crippen molar-refractivity contribution in [1.82, 2.24) is 0 Å². The first-order chi connectivity index (χ1) is 8.58. The van der Waals surface area contributed by atoms with Gasteiger partial charge in [0.2, 0.25) is 0 Å². The molecule has 0 aliphatic carbocycles. The summed E-state index contributed by atoms with van der Waals surface area (Å²) in [6.45, 7) is 3.06. The van der Waals surface area contributed by atoms with E-state index in [4.69, 9.17) is 4.74 Å². The standard InChI is InChI=1S/C12H15N2O3S.Na/c1-10-2-4-12(5-3-10)18(15,16)14-13-11-6-8-17-9-7-11;/h2-5H,6-9H2,1H3;/q-1;+1. The van der Waals surface area contributed by atoms with Gasteiger partial charge in [-0.15, -0.1) is 0 Å². The van der Waals surface area contributed by atoms with E-state index in [1.807, 2.05) is 6.92 Å².